The van der Waals surface area contributed by atoms with Crippen LogP contribution in [0.15, 0.2) is 53.7 Å². The van der Waals surface area contributed by atoms with E-state index >= 15 is 0 Å². The first-order valence-corrected chi connectivity index (χ1v) is 9.32. The molecule has 4 rings (SSSR count). The van der Waals surface area contributed by atoms with Gasteiger partial charge < -0.3 is 4.90 Å². The first kappa shape index (κ1) is 16.1. The number of hydrogen-bond acceptors (Lipinski definition) is 6. The molecule has 2 aromatic rings. The molecule has 0 saturated carbocycles. The van der Waals surface area contributed by atoms with Gasteiger partial charge in [0, 0.05) is 30.1 Å². The molecular weight excluding hydrogens is 336 g/mol. The molecule has 0 radical (unpaired) electrons. The van der Waals surface area contributed by atoms with Gasteiger partial charge in [0.05, 0.1) is 16.7 Å². The minimum atomic E-state index is -0.341. The van der Waals surface area contributed by atoms with Crippen molar-refractivity contribution in [2.75, 3.05) is 5.75 Å². The van der Waals surface area contributed by atoms with Crippen molar-refractivity contribution in [1.29, 1.82) is 0 Å². The lowest BCUT2D eigenvalue weighted by atomic mass is 9.95. The quantitative estimate of drug-likeness (QED) is 0.614. The van der Waals surface area contributed by atoms with Crippen molar-refractivity contribution in [3.8, 4) is 0 Å². The Morgan fingerprint density at radius 1 is 1.32 bits per heavy atom. The Labute approximate surface area is 150 Å². The highest BCUT2D eigenvalue weighted by Gasteiger charge is 2.45. The van der Waals surface area contributed by atoms with E-state index in [1.165, 1.54) is 6.07 Å². The number of hydrogen-bond donors (Lipinski definition) is 0. The van der Waals surface area contributed by atoms with Gasteiger partial charge in [-0.3, -0.25) is 20.1 Å². The summed E-state index contributed by atoms with van der Waals surface area (Å²) in [6, 6.07) is 13.0. The van der Waals surface area contributed by atoms with Crippen molar-refractivity contribution in [2.24, 2.45) is 4.99 Å². The zero-order chi connectivity index (χ0) is 17.4. The number of nitro groups is 1. The molecule has 0 amide bonds. The van der Waals surface area contributed by atoms with E-state index in [2.05, 4.69) is 16.8 Å². The summed E-state index contributed by atoms with van der Waals surface area (Å²) in [6.07, 6.45) is 2.79. The molecule has 3 atom stereocenters. The van der Waals surface area contributed by atoms with E-state index in [1.54, 1.807) is 30.1 Å². The molecular formula is C18H18N4O2S. The van der Waals surface area contributed by atoms with Crippen LogP contribution in [0, 0.1) is 10.1 Å². The predicted molar refractivity (Wildman–Crippen MR) is 98.6 cm³/mol. The van der Waals surface area contributed by atoms with Crippen LogP contribution >= 0.6 is 11.8 Å². The predicted octanol–water partition coefficient (Wildman–Crippen LogP) is 3.97. The number of rotatable bonds is 4. The normalized spacial score (nSPS) is 24.9. The van der Waals surface area contributed by atoms with Crippen LogP contribution in [0.4, 0.5) is 5.69 Å². The average Bonchev–Trinajstić information content (AvgIpc) is 3.21. The lowest BCUT2D eigenvalue weighted by Crippen LogP contribution is -2.35. The summed E-state index contributed by atoms with van der Waals surface area (Å²) in [5, 5.41) is 12.2. The number of non-ortho nitro benzene ring substituents is 1. The van der Waals surface area contributed by atoms with E-state index in [1.807, 2.05) is 24.3 Å². The molecule has 0 bridgehead atoms. The highest BCUT2D eigenvalue weighted by Crippen LogP contribution is 2.48. The average molecular weight is 354 g/mol. The second-order valence-electron chi connectivity index (χ2n) is 6.19. The summed E-state index contributed by atoms with van der Waals surface area (Å²) in [5.74, 6) is 1.01. The van der Waals surface area contributed by atoms with Gasteiger partial charge in [-0.2, -0.15) is 0 Å². The molecule has 7 heteroatoms. The number of nitro benzene ring substituents is 1. The van der Waals surface area contributed by atoms with E-state index in [0.717, 1.165) is 28.6 Å². The van der Waals surface area contributed by atoms with Crippen molar-refractivity contribution >= 4 is 22.6 Å². The summed E-state index contributed by atoms with van der Waals surface area (Å²) >= 11 is 1.77. The fraction of sp³-hybridized carbons (Fsp3) is 0.333. The highest BCUT2D eigenvalue weighted by atomic mass is 32.2. The van der Waals surface area contributed by atoms with Crippen molar-refractivity contribution in [3.63, 3.8) is 0 Å². The summed E-state index contributed by atoms with van der Waals surface area (Å²) in [6.45, 7) is 2.17. The van der Waals surface area contributed by atoms with E-state index in [9.17, 15) is 10.1 Å². The molecule has 1 aromatic heterocycles. The second-order valence-corrected chi connectivity index (χ2v) is 7.18. The number of aliphatic imine (C=N–C) groups is 1. The minimum Gasteiger partial charge on any atom is -0.338 e. The maximum absolute atomic E-state index is 11.2. The maximum atomic E-state index is 11.2. The first-order valence-electron chi connectivity index (χ1n) is 8.33. The van der Waals surface area contributed by atoms with Crippen LogP contribution in [0.1, 0.15) is 36.7 Å². The molecule has 0 N–H and O–H groups in total. The summed E-state index contributed by atoms with van der Waals surface area (Å²) < 4.78 is 0. The van der Waals surface area contributed by atoms with Gasteiger partial charge in [-0.15, -0.1) is 0 Å². The standard InChI is InChI=1S/C18H18N4O2S/c1-2-13-11-25-18-20-16(15-8-3-4-9-19-15)17(21(13)18)12-6-5-7-14(10-12)22(23)24/h3-10,13,16-17H,2,11H2,1H3/t13-,16+,17-/m1/s1. The van der Waals surface area contributed by atoms with Crippen LogP contribution in [0.25, 0.3) is 0 Å². The van der Waals surface area contributed by atoms with Gasteiger partial charge >= 0.3 is 0 Å². The fourth-order valence-corrected chi connectivity index (χ4v) is 4.87. The third-order valence-electron chi connectivity index (χ3n) is 4.75. The van der Waals surface area contributed by atoms with Gasteiger partial charge in [0.2, 0.25) is 0 Å². The van der Waals surface area contributed by atoms with Gasteiger partial charge in [-0.25, -0.2) is 0 Å². The Hall–Kier alpha value is -2.41. The Morgan fingerprint density at radius 2 is 2.20 bits per heavy atom. The van der Waals surface area contributed by atoms with Crippen molar-refractivity contribution in [2.45, 2.75) is 31.5 Å². The third kappa shape index (κ3) is 2.78. The molecule has 0 spiro atoms. The molecule has 2 aliphatic heterocycles. The highest BCUT2D eigenvalue weighted by molar-refractivity contribution is 8.14. The van der Waals surface area contributed by atoms with Gasteiger partial charge in [-0.1, -0.05) is 36.9 Å². The summed E-state index contributed by atoms with van der Waals surface area (Å²) in [4.78, 5) is 22.6. The topological polar surface area (TPSA) is 71.6 Å². The minimum absolute atomic E-state index is 0.0512. The van der Waals surface area contributed by atoms with Crippen molar-refractivity contribution in [1.82, 2.24) is 9.88 Å². The van der Waals surface area contributed by atoms with Gasteiger partial charge in [0.1, 0.15) is 6.04 Å². The Morgan fingerprint density at radius 3 is 2.92 bits per heavy atom. The number of aromatic nitrogens is 1. The Bertz CT molecular complexity index is 827. The third-order valence-corrected chi connectivity index (χ3v) is 5.88. The number of pyridine rings is 1. The zero-order valence-corrected chi connectivity index (χ0v) is 14.6. The molecule has 1 fully saturated rings. The van der Waals surface area contributed by atoms with E-state index < -0.39 is 0 Å². The van der Waals surface area contributed by atoms with Gasteiger partial charge in [0.15, 0.2) is 5.17 Å². The number of amidine groups is 1. The number of nitrogens with zero attached hydrogens (tertiary/aromatic N) is 4. The van der Waals surface area contributed by atoms with E-state index in [-0.39, 0.29) is 22.7 Å². The van der Waals surface area contributed by atoms with Crippen LogP contribution in [-0.2, 0) is 0 Å². The van der Waals surface area contributed by atoms with E-state index in [4.69, 9.17) is 4.99 Å². The molecule has 2 aliphatic rings. The lowest BCUT2D eigenvalue weighted by Gasteiger charge is -2.31. The van der Waals surface area contributed by atoms with Crippen LogP contribution in [0.5, 0.6) is 0 Å². The molecule has 6 nitrogen and oxygen atoms in total. The fourth-order valence-electron chi connectivity index (χ4n) is 3.53. The van der Waals surface area contributed by atoms with Crippen LogP contribution in [-0.4, -0.2) is 31.8 Å². The number of thioether (sulfide) groups is 1. The Balaban J connectivity index is 1.80. The van der Waals surface area contributed by atoms with Crippen LogP contribution in [0.3, 0.4) is 0 Å². The number of benzene rings is 1. The van der Waals surface area contributed by atoms with Crippen LogP contribution in [0.2, 0.25) is 0 Å². The number of fused-ring (bicyclic) bond motifs is 1. The van der Waals surface area contributed by atoms with Gasteiger partial charge in [-0.05, 0) is 24.1 Å². The molecule has 3 heterocycles. The van der Waals surface area contributed by atoms with E-state index in [0.29, 0.717) is 6.04 Å². The largest absolute Gasteiger partial charge is 0.338 e. The molecule has 128 valence electrons. The zero-order valence-electron chi connectivity index (χ0n) is 13.8. The molecule has 0 aliphatic carbocycles. The SMILES string of the molecule is CC[C@@H]1CSC2=N[C@@H](c3ccccn3)[C@@H](c3cccc([N+](=O)[O-])c3)N21. The Kier molecular flexibility index (Phi) is 4.17. The first-order chi connectivity index (χ1) is 12.2. The summed E-state index contributed by atoms with van der Waals surface area (Å²) in [5.41, 5.74) is 1.94. The molecule has 25 heavy (non-hydrogen) atoms. The van der Waals surface area contributed by atoms with Gasteiger partial charge in [0.25, 0.3) is 5.69 Å². The van der Waals surface area contributed by atoms with Crippen molar-refractivity contribution in [3.05, 3.63) is 70.0 Å². The lowest BCUT2D eigenvalue weighted by molar-refractivity contribution is -0.385. The second kappa shape index (κ2) is 6.48. The maximum Gasteiger partial charge on any atom is 0.269 e. The van der Waals surface area contributed by atoms with Crippen molar-refractivity contribution < 1.29 is 4.92 Å². The van der Waals surface area contributed by atoms with Crippen LogP contribution < -0.4 is 0 Å². The molecule has 1 saturated heterocycles. The molecule has 1 aromatic carbocycles. The summed E-state index contributed by atoms with van der Waals surface area (Å²) in [7, 11) is 0. The molecule has 0 unspecified atom stereocenters. The smallest absolute Gasteiger partial charge is 0.269 e. The monoisotopic (exact) mass is 354 g/mol.